The summed E-state index contributed by atoms with van der Waals surface area (Å²) in [7, 11) is 0. The maximum atomic E-state index is 12.1. The Balaban J connectivity index is 3.55. The molecule has 1 saturated heterocycles. The van der Waals surface area contributed by atoms with E-state index in [2.05, 4.69) is 0 Å². The van der Waals surface area contributed by atoms with Gasteiger partial charge in [-0.3, -0.25) is 28.8 Å². The van der Waals surface area contributed by atoms with Crippen LogP contribution in [0.25, 0.3) is 0 Å². The third-order valence-corrected chi connectivity index (χ3v) is 5.58. The Morgan fingerprint density at radius 3 is 1.73 bits per heavy atom. The van der Waals surface area contributed by atoms with Gasteiger partial charge in [-0.15, -0.1) is 11.8 Å². The number of carbonyl (C=O) groups is 6. The summed E-state index contributed by atoms with van der Waals surface area (Å²) in [6.45, 7) is 6.62. The van der Waals surface area contributed by atoms with E-state index in [1.54, 1.807) is 0 Å². The van der Waals surface area contributed by atoms with Crippen molar-refractivity contribution in [1.82, 2.24) is 4.90 Å². The highest BCUT2D eigenvalue weighted by atomic mass is 32.2. The second-order valence-corrected chi connectivity index (χ2v) is 8.37. The van der Waals surface area contributed by atoms with Gasteiger partial charge in [0.1, 0.15) is 12.0 Å². The molecule has 33 heavy (non-hydrogen) atoms. The van der Waals surface area contributed by atoms with Crippen molar-refractivity contribution in [2.45, 2.75) is 71.3 Å². The van der Waals surface area contributed by atoms with Crippen LogP contribution in [0.5, 0.6) is 0 Å². The molecule has 0 saturated carbocycles. The molecule has 13 heteroatoms. The highest BCUT2D eigenvalue weighted by molar-refractivity contribution is 8.00. The van der Waals surface area contributed by atoms with Crippen molar-refractivity contribution in [3.05, 3.63) is 0 Å². The summed E-state index contributed by atoms with van der Waals surface area (Å²) in [4.78, 5) is 72.5. The molecule has 1 rings (SSSR count). The van der Waals surface area contributed by atoms with Gasteiger partial charge in [-0.25, -0.2) is 0 Å². The average molecular weight is 492 g/mol. The molecule has 1 amide bonds. The third-order valence-electron chi connectivity index (χ3n) is 4.30. The number of hydrogen-bond donors (Lipinski definition) is 0. The normalized spacial score (nSPS) is 18.8. The van der Waals surface area contributed by atoms with Gasteiger partial charge in [0.15, 0.2) is 24.4 Å². The van der Waals surface area contributed by atoms with E-state index in [4.69, 9.17) is 23.7 Å². The topological polar surface area (TPSA) is 152 Å². The van der Waals surface area contributed by atoms with Crippen molar-refractivity contribution in [3.8, 4) is 0 Å². The zero-order valence-corrected chi connectivity index (χ0v) is 20.2. The van der Waals surface area contributed by atoms with Gasteiger partial charge in [0.25, 0.3) is 0 Å². The van der Waals surface area contributed by atoms with Crippen LogP contribution >= 0.6 is 11.8 Å². The molecule has 0 aromatic heterocycles. The van der Waals surface area contributed by atoms with Crippen molar-refractivity contribution >= 4 is 47.5 Å². The summed E-state index contributed by atoms with van der Waals surface area (Å²) in [5.74, 6) is -3.71. The molecule has 0 bridgehead atoms. The fourth-order valence-electron chi connectivity index (χ4n) is 3.24. The number of carbonyl (C=O) groups excluding carboxylic acids is 6. The number of rotatable bonds is 10. The van der Waals surface area contributed by atoms with E-state index in [-0.39, 0.29) is 5.91 Å². The maximum Gasteiger partial charge on any atom is 0.303 e. The summed E-state index contributed by atoms with van der Waals surface area (Å²) in [6, 6.07) is 0. The Labute approximate surface area is 195 Å². The lowest BCUT2D eigenvalue weighted by molar-refractivity contribution is -0.204. The number of hydrogen-bond acceptors (Lipinski definition) is 12. The summed E-state index contributed by atoms with van der Waals surface area (Å²) < 4.78 is 26.3. The first-order valence-electron chi connectivity index (χ1n) is 10.0. The minimum absolute atomic E-state index is 0.316. The summed E-state index contributed by atoms with van der Waals surface area (Å²) in [5.41, 5.74) is 0. The number of esters is 5. The third kappa shape index (κ3) is 9.28. The fourth-order valence-corrected chi connectivity index (χ4v) is 4.62. The van der Waals surface area contributed by atoms with Crippen LogP contribution in [0, 0.1) is 0 Å². The first kappa shape index (κ1) is 28.2. The highest BCUT2D eigenvalue weighted by Crippen LogP contribution is 2.33. The van der Waals surface area contributed by atoms with Gasteiger partial charge in [-0.2, -0.15) is 0 Å². The number of ether oxygens (including phenoxy) is 5. The Morgan fingerprint density at radius 2 is 1.27 bits per heavy atom. The molecule has 0 unspecified atom stereocenters. The SMILES string of the molecule is CC(=O)OC[C@@H](OC(C)=O)[C@@H](OC(C)=O)[C@@H](OC(C)=O)[C@@H](OC(C)=O)[C@@H]1SCCN1C(C)=O. The van der Waals surface area contributed by atoms with Crippen molar-refractivity contribution in [3.63, 3.8) is 0 Å². The molecule has 0 N–H and O–H groups in total. The Hall–Kier alpha value is -2.83. The smallest absolute Gasteiger partial charge is 0.303 e. The second kappa shape index (κ2) is 13.0. The molecule has 1 aliphatic heterocycles. The van der Waals surface area contributed by atoms with Gasteiger partial charge in [0.2, 0.25) is 5.91 Å². The van der Waals surface area contributed by atoms with Crippen LogP contribution in [0.1, 0.15) is 41.5 Å². The summed E-state index contributed by atoms with van der Waals surface area (Å²) in [6.07, 6.45) is -5.75. The molecule has 5 atom stereocenters. The largest absolute Gasteiger partial charge is 0.462 e. The molecule has 1 heterocycles. The molecule has 0 aromatic carbocycles. The van der Waals surface area contributed by atoms with E-state index in [1.807, 2.05) is 0 Å². The maximum absolute atomic E-state index is 12.1. The van der Waals surface area contributed by atoms with Crippen LogP contribution in [-0.2, 0) is 52.5 Å². The van der Waals surface area contributed by atoms with Crippen molar-refractivity contribution in [2.24, 2.45) is 0 Å². The number of thioether (sulfide) groups is 1. The molecule has 12 nitrogen and oxygen atoms in total. The first-order chi connectivity index (χ1) is 15.3. The zero-order chi connectivity index (χ0) is 25.3. The molecule has 0 radical (unpaired) electrons. The monoisotopic (exact) mass is 491 g/mol. The molecule has 0 aliphatic carbocycles. The molecule has 1 aliphatic rings. The van der Waals surface area contributed by atoms with Gasteiger partial charge in [0, 0.05) is 53.8 Å². The van der Waals surface area contributed by atoms with E-state index < -0.39 is 66.2 Å². The minimum Gasteiger partial charge on any atom is -0.462 e. The van der Waals surface area contributed by atoms with Gasteiger partial charge in [-0.1, -0.05) is 0 Å². The van der Waals surface area contributed by atoms with Gasteiger partial charge < -0.3 is 28.6 Å². The molecule has 186 valence electrons. The summed E-state index contributed by atoms with van der Waals surface area (Å²) >= 11 is 1.27. The Morgan fingerprint density at radius 1 is 0.758 bits per heavy atom. The molecular weight excluding hydrogens is 462 g/mol. The quantitative estimate of drug-likeness (QED) is 0.303. The average Bonchev–Trinajstić information content (AvgIpc) is 3.15. The van der Waals surface area contributed by atoms with E-state index >= 15 is 0 Å². The van der Waals surface area contributed by atoms with E-state index in [9.17, 15) is 28.8 Å². The predicted molar refractivity (Wildman–Crippen MR) is 112 cm³/mol. The van der Waals surface area contributed by atoms with E-state index in [1.165, 1.54) is 23.6 Å². The first-order valence-corrected chi connectivity index (χ1v) is 11.1. The van der Waals surface area contributed by atoms with Crippen LogP contribution in [0.4, 0.5) is 0 Å². The van der Waals surface area contributed by atoms with Gasteiger partial charge >= 0.3 is 29.8 Å². The van der Waals surface area contributed by atoms with Gasteiger partial charge in [0.05, 0.1) is 0 Å². The van der Waals surface area contributed by atoms with Crippen molar-refractivity contribution in [1.29, 1.82) is 0 Å². The summed E-state index contributed by atoms with van der Waals surface area (Å²) in [5, 5.41) is -0.791. The lowest BCUT2D eigenvalue weighted by atomic mass is 10.0. The fraction of sp³-hybridized carbons (Fsp3) is 0.700. The van der Waals surface area contributed by atoms with Crippen LogP contribution in [-0.4, -0.2) is 89.3 Å². The van der Waals surface area contributed by atoms with E-state index in [0.29, 0.717) is 12.3 Å². The number of amides is 1. The van der Waals surface area contributed by atoms with Crippen molar-refractivity contribution in [2.75, 3.05) is 18.9 Å². The molecule has 0 aromatic rings. The minimum atomic E-state index is -1.53. The van der Waals surface area contributed by atoms with Crippen LogP contribution < -0.4 is 0 Å². The van der Waals surface area contributed by atoms with Crippen LogP contribution in [0.3, 0.4) is 0 Å². The van der Waals surface area contributed by atoms with E-state index in [0.717, 1.165) is 34.6 Å². The standard InChI is InChI=1S/C20H29NO11S/c1-10(22)21-7-8-33-20(21)19(32-15(6)27)18(31-14(5)26)17(30-13(4)25)16(29-12(3)24)9-28-11(2)23/h16-20H,7-9H2,1-6H3/t16-,17-,18-,19-,20+/m1/s1. The van der Waals surface area contributed by atoms with Crippen LogP contribution in [0.15, 0.2) is 0 Å². The highest BCUT2D eigenvalue weighted by Gasteiger charge is 2.49. The predicted octanol–water partition coefficient (Wildman–Crippen LogP) is 0.198. The lowest BCUT2D eigenvalue weighted by Crippen LogP contribution is -2.58. The van der Waals surface area contributed by atoms with Gasteiger partial charge in [-0.05, 0) is 0 Å². The number of nitrogens with zero attached hydrogens (tertiary/aromatic N) is 1. The van der Waals surface area contributed by atoms with Crippen LogP contribution in [0.2, 0.25) is 0 Å². The Bertz CT molecular complexity index is 771. The zero-order valence-electron chi connectivity index (χ0n) is 19.4. The molecular formula is C20H29NO11S. The Kier molecular flexibility index (Phi) is 11.1. The second-order valence-electron chi connectivity index (χ2n) is 7.15. The lowest BCUT2D eigenvalue weighted by Gasteiger charge is -2.39. The van der Waals surface area contributed by atoms with Crippen molar-refractivity contribution < 1.29 is 52.5 Å². The molecule has 1 fully saturated rings. The molecule has 0 spiro atoms.